The lowest BCUT2D eigenvalue weighted by Crippen LogP contribution is -2.53. The molecule has 0 spiro atoms. The molecule has 17 heteroatoms. The van der Waals surface area contributed by atoms with Crippen LogP contribution in [0, 0.1) is 5.92 Å². The number of nitrogens with one attached hydrogen (secondary N) is 3. The van der Waals surface area contributed by atoms with Crippen molar-refractivity contribution in [2.75, 3.05) is 27.2 Å². The smallest absolute Gasteiger partial charge is 0.245 e. The first-order chi connectivity index (χ1) is 32.8. The van der Waals surface area contributed by atoms with Gasteiger partial charge in [-0.15, -0.1) is 0 Å². The standard InChI is InChI=1S/C52H77N5O12/c1-7-8-9-10-11-12-13-14-15-16-17-18-19-20-47(65)56(5)41(32-58)52(69)54-34(3)42(60)25-26-48(66)57(6)49-37-22-24-44(62)39(30-37)38-28-36(21-23-43(38)61)29-40(51(68)53-31-46(64)35(4)59)55-50(67)33(2)27-45(49)63/h21-24,28,30,33-34,40-41,46,49,58,61-62,64H,7-20,25-27,29,31-32H2,1-6H3,(H,53,68)(H,54,69)(H,55,67)/t33-,34-,40+,41-,46?,49+/m1/s1. The summed E-state index contributed by atoms with van der Waals surface area (Å²) in [6.07, 6.45) is 12.6. The van der Waals surface area contributed by atoms with Crippen molar-refractivity contribution in [1.82, 2.24) is 25.8 Å². The second-order valence-corrected chi connectivity index (χ2v) is 18.6. The third-order valence-corrected chi connectivity index (χ3v) is 13.0. The maximum atomic E-state index is 14.2. The lowest BCUT2D eigenvalue weighted by molar-refractivity contribution is -0.142. The van der Waals surface area contributed by atoms with Crippen molar-refractivity contribution in [3.05, 3.63) is 47.5 Å². The minimum Gasteiger partial charge on any atom is -0.507 e. The predicted octanol–water partition coefficient (Wildman–Crippen LogP) is 5.12. The van der Waals surface area contributed by atoms with Gasteiger partial charge in [-0.1, -0.05) is 103 Å². The highest BCUT2D eigenvalue weighted by molar-refractivity contribution is 5.97. The van der Waals surface area contributed by atoms with Crippen LogP contribution in [0.4, 0.5) is 0 Å². The average molecular weight is 964 g/mol. The molecule has 0 radical (unpaired) electrons. The summed E-state index contributed by atoms with van der Waals surface area (Å²) in [5.74, 6) is -6.35. The summed E-state index contributed by atoms with van der Waals surface area (Å²) in [6.45, 7) is 5.19. The molecule has 5 amide bonds. The number of aromatic hydroxyl groups is 2. The Hall–Kier alpha value is -5.68. The minimum atomic E-state index is -1.48. The number of aliphatic hydroxyl groups excluding tert-OH is 2. The van der Waals surface area contributed by atoms with Gasteiger partial charge in [0, 0.05) is 63.2 Å². The summed E-state index contributed by atoms with van der Waals surface area (Å²) in [6, 6.07) is 3.58. The molecule has 4 bridgehead atoms. The number of amides is 5. The lowest BCUT2D eigenvalue weighted by Gasteiger charge is -2.30. The van der Waals surface area contributed by atoms with Crippen LogP contribution in [0.25, 0.3) is 11.1 Å². The minimum absolute atomic E-state index is 0.0954. The molecule has 1 aliphatic heterocycles. The van der Waals surface area contributed by atoms with Crippen molar-refractivity contribution in [3.8, 4) is 22.6 Å². The van der Waals surface area contributed by atoms with Crippen LogP contribution >= 0.6 is 0 Å². The molecule has 2 aromatic rings. The third kappa shape index (κ3) is 18.3. The van der Waals surface area contributed by atoms with E-state index in [9.17, 15) is 58.8 Å². The van der Waals surface area contributed by atoms with Crippen LogP contribution in [0.3, 0.4) is 0 Å². The molecule has 0 aliphatic carbocycles. The van der Waals surface area contributed by atoms with Gasteiger partial charge in [-0.2, -0.15) is 0 Å². The Morgan fingerprint density at radius 1 is 0.768 bits per heavy atom. The second-order valence-electron chi connectivity index (χ2n) is 18.6. The molecule has 0 saturated heterocycles. The molecule has 1 unspecified atom stereocenters. The number of Topliss-reactive ketones (excluding diaryl/α,β-unsaturated/α-hetero) is 3. The van der Waals surface area contributed by atoms with E-state index in [-0.39, 0.29) is 59.8 Å². The number of phenolic OH excluding ortho intramolecular Hbond substituents is 2. The van der Waals surface area contributed by atoms with Crippen LogP contribution in [-0.2, 0) is 44.8 Å². The molecule has 6 atom stereocenters. The number of likely N-dealkylation sites (N-methyl/N-ethyl adjacent to an activating group) is 2. The summed E-state index contributed by atoms with van der Waals surface area (Å²) in [5.41, 5.74) is 0.894. The first-order valence-corrected chi connectivity index (χ1v) is 24.7. The van der Waals surface area contributed by atoms with Gasteiger partial charge in [-0.3, -0.25) is 38.4 Å². The van der Waals surface area contributed by atoms with Gasteiger partial charge in [-0.05, 0) is 55.7 Å². The lowest BCUT2D eigenvalue weighted by atomic mass is 9.89. The van der Waals surface area contributed by atoms with E-state index in [0.29, 0.717) is 12.0 Å². The fourth-order valence-electron chi connectivity index (χ4n) is 8.40. The molecule has 3 rings (SSSR count). The molecule has 1 aliphatic rings. The summed E-state index contributed by atoms with van der Waals surface area (Å²) in [7, 11) is 2.79. The van der Waals surface area contributed by atoms with Crippen molar-refractivity contribution >= 4 is 46.9 Å². The van der Waals surface area contributed by atoms with Crippen LogP contribution < -0.4 is 16.0 Å². The number of nitrogens with zero attached hydrogens (tertiary/aromatic N) is 2. The van der Waals surface area contributed by atoms with Crippen molar-refractivity contribution < 1.29 is 58.8 Å². The van der Waals surface area contributed by atoms with Gasteiger partial charge in [0.1, 0.15) is 35.7 Å². The van der Waals surface area contributed by atoms with E-state index in [1.807, 2.05) is 0 Å². The summed E-state index contributed by atoms with van der Waals surface area (Å²) in [4.78, 5) is 108. The Morgan fingerprint density at radius 3 is 1.91 bits per heavy atom. The zero-order valence-corrected chi connectivity index (χ0v) is 41.5. The summed E-state index contributed by atoms with van der Waals surface area (Å²) < 4.78 is 0. The SMILES string of the molecule is CCCCCCCCCCCCCCCC(=O)N(C)[C@H](CO)C(=O)N[C@H](C)C(=O)CCC(=O)N(C)[C@@H]1C(=O)C[C@@H](C)C(=O)N[C@H](C(=O)NCC(O)C(C)=O)Cc2ccc(O)c(c2)-c2cc1ccc2O. The number of ketones is 3. The zero-order valence-electron chi connectivity index (χ0n) is 41.5. The van der Waals surface area contributed by atoms with E-state index in [1.165, 1.54) is 127 Å². The second kappa shape index (κ2) is 29.4. The summed E-state index contributed by atoms with van der Waals surface area (Å²) >= 11 is 0. The molecule has 7 N–H and O–H groups in total. The molecule has 0 aromatic heterocycles. The van der Waals surface area contributed by atoms with E-state index in [2.05, 4.69) is 22.9 Å². The van der Waals surface area contributed by atoms with E-state index < -0.39 is 96.7 Å². The molecule has 69 heavy (non-hydrogen) atoms. The highest BCUT2D eigenvalue weighted by atomic mass is 16.3. The van der Waals surface area contributed by atoms with Crippen LogP contribution in [-0.4, -0.2) is 129 Å². The van der Waals surface area contributed by atoms with Gasteiger partial charge >= 0.3 is 0 Å². The van der Waals surface area contributed by atoms with E-state index in [0.717, 1.165) is 31.1 Å². The van der Waals surface area contributed by atoms with Crippen LogP contribution in [0.15, 0.2) is 36.4 Å². The summed E-state index contributed by atoms with van der Waals surface area (Å²) in [5, 5.41) is 49.7. The van der Waals surface area contributed by atoms with E-state index >= 15 is 0 Å². The van der Waals surface area contributed by atoms with Gasteiger partial charge in [0.2, 0.25) is 29.5 Å². The number of hydrogen-bond acceptors (Lipinski definition) is 12. The van der Waals surface area contributed by atoms with Crippen molar-refractivity contribution in [2.24, 2.45) is 5.92 Å². The molecule has 0 saturated carbocycles. The Bertz CT molecular complexity index is 2080. The van der Waals surface area contributed by atoms with Crippen molar-refractivity contribution in [3.63, 3.8) is 0 Å². The number of hydrogen-bond donors (Lipinski definition) is 7. The predicted molar refractivity (Wildman–Crippen MR) is 261 cm³/mol. The van der Waals surface area contributed by atoms with Crippen LogP contribution in [0.5, 0.6) is 11.5 Å². The number of phenols is 2. The topological polar surface area (TPSA) is 260 Å². The molecule has 1 heterocycles. The van der Waals surface area contributed by atoms with Gasteiger partial charge in [0.05, 0.1) is 19.2 Å². The first kappa shape index (κ1) is 57.6. The van der Waals surface area contributed by atoms with E-state index in [1.54, 1.807) is 0 Å². The molecular formula is C52H77N5O12. The largest absolute Gasteiger partial charge is 0.507 e. The van der Waals surface area contributed by atoms with Gasteiger partial charge < -0.3 is 46.2 Å². The molecule has 382 valence electrons. The van der Waals surface area contributed by atoms with Crippen LogP contribution in [0.2, 0.25) is 0 Å². The maximum absolute atomic E-state index is 14.2. The number of benzene rings is 2. The molecule has 0 fully saturated rings. The molecule has 17 nitrogen and oxygen atoms in total. The average Bonchev–Trinajstić information content (AvgIpc) is 3.31. The Labute approximate surface area is 407 Å². The quantitative estimate of drug-likeness (QED) is 0.0576. The number of aliphatic hydroxyl groups is 2. The highest BCUT2D eigenvalue weighted by Gasteiger charge is 2.34. The van der Waals surface area contributed by atoms with Crippen LogP contribution in [0.1, 0.15) is 154 Å². The molecular weight excluding hydrogens is 887 g/mol. The zero-order chi connectivity index (χ0) is 51.2. The number of unbranched alkanes of at least 4 members (excludes halogenated alkanes) is 12. The van der Waals surface area contributed by atoms with Crippen molar-refractivity contribution in [1.29, 1.82) is 0 Å². The number of carbonyl (C=O) groups is 8. The van der Waals surface area contributed by atoms with E-state index in [4.69, 9.17) is 0 Å². The highest BCUT2D eigenvalue weighted by Crippen LogP contribution is 2.39. The number of fused-ring (bicyclic) bond motifs is 5. The Kier molecular flexibility index (Phi) is 24.5. The van der Waals surface area contributed by atoms with Gasteiger partial charge in [0.15, 0.2) is 17.3 Å². The fraction of sp³-hybridized carbons (Fsp3) is 0.615. The number of carbonyl (C=O) groups excluding carboxylic acids is 8. The molecule has 2 aromatic carbocycles. The Balaban J connectivity index is 1.65. The van der Waals surface area contributed by atoms with Gasteiger partial charge in [-0.25, -0.2) is 0 Å². The Morgan fingerprint density at radius 2 is 1.33 bits per heavy atom. The maximum Gasteiger partial charge on any atom is 0.245 e. The first-order valence-electron chi connectivity index (χ1n) is 24.7. The monoisotopic (exact) mass is 964 g/mol. The third-order valence-electron chi connectivity index (χ3n) is 13.0. The normalized spacial score (nSPS) is 17.4. The van der Waals surface area contributed by atoms with Gasteiger partial charge in [0.25, 0.3) is 0 Å². The fourth-order valence-corrected chi connectivity index (χ4v) is 8.40. The van der Waals surface area contributed by atoms with Crippen molar-refractivity contribution in [2.45, 2.75) is 174 Å². The number of rotatable bonds is 27.